The van der Waals surface area contributed by atoms with E-state index in [2.05, 4.69) is 30.9 Å². The van der Waals surface area contributed by atoms with Gasteiger partial charge in [0.05, 0.1) is 7.11 Å². The van der Waals surface area contributed by atoms with Crippen LogP contribution in [0.5, 0.6) is 0 Å². The van der Waals surface area contributed by atoms with Crippen LogP contribution in [0.15, 0.2) is 0 Å². The molecule has 1 atom stereocenters. The van der Waals surface area contributed by atoms with Crippen molar-refractivity contribution in [2.75, 3.05) is 34.8 Å². The first-order valence-electron chi connectivity index (χ1n) is 6.96. The maximum Gasteiger partial charge on any atom is 0.323 e. The molecular formula is C14H26N2O2. The summed E-state index contributed by atoms with van der Waals surface area (Å²) in [4.78, 5) is 16.5. The maximum absolute atomic E-state index is 11.9. The van der Waals surface area contributed by atoms with Crippen LogP contribution in [-0.4, -0.2) is 62.1 Å². The quantitative estimate of drug-likeness (QED) is 0.670. The van der Waals surface area contributed by atoms with Crippen molar-refractivity contribution >= 4 is 5.97 Å². The van der Waals surface area contributed by atoms with Gasteiger partial charge in [-0.15, -0.1) is 0 Å². The first-order valence-corrected chi connectivity index (χ1v) is 6.96. The number of methoxy groups -OCH3 is 1. The Bertz CT molecular complexity index is 309. The lowest BCUT2D eigenvalue weighted by Crippen LogP contribution is -2.59. The molecule has 104 valence electrons. The van der Waals surface area contributed by atoms with Gasteiger partial charge in [-0.2, -0.15) is 0 Å². The molecule has 0 heterocycles. The topological polar surface area (TPSA) is 32.8 Å². The monoisotopic (exact) mass is 254 g/mol. The molecule has 0 spiro atoms. The molecule has 0 aromatic rings. The number of carbonyl (C=O) groups is 1. The molecule has 0 aliphatic heterocycles. The molecule has 2 saturated carbocycles. The summed E-state index contributed by atoms with van der Waals surface area (Å²) in [6, 6.07) is -0.0348. The fraction of sp³-hybridized carbons (Fsp3) is 0.929. The zero-order valence-corrected chi connectivity index (χ0v) is 12.1. The molecule has 0 N–H and O–H groups in total. The number of likely N-dealkylation sites (N-methyl/N-ethyl adjacent to an activating group) is 2. The molecule has 2 aliphatic rings. The second kappa shape index (κ2) is 5.17. The van der Waals surface area contributed by atoms with Crippen molar-refractivity contribution in [1.29, 1.82) is 0 Å². The Hall–Kier alpha value is -0.610. The van der Waals surface area contributed by atoms with E-state index in [1.54, 1.807) is 0 Å². The van der Waals surface area contributed by atoms with E-state index in [-0.39, 0.29) is 17.6 Å². The summed E-state index contributed by atoms with van der Waals surface area (Å²) in [5.41, 5.74) is 0.274. The van der Waals surface area contributed by atoms with E-state index >= 15 is 0 Å². The molecule has 1 unspecified atom stereocenters. The van der Waals surface area contributed by atoms with Crippen LogP contribution in [0.4, 0.5) is 0 Å². The highest BCUT2D eigenvalue weighted by Crippen LogP contribution is 2.40. The van der Waals surface area contributed by atoms with Crippen LogP contribution in [0.25, 0.3) is 0 Å². The molecular weight excluding hydrogens is 228 g/mol. The van der Waals surface area contributed by atoms with E-state index in [0.717, 1.165) is 6.54 Å². The van der Waals surface area contributed by atoms with Gasteiger partial charge in [-0.25, -0.2) is 0 Å². The van der Waals surface area contributed by atoms with Crippen molar-refractivity contribution < 1.29 is 9.53 Å². The fourth-order valence-corrected chi connectivity index (χ4v) is 3.16. The van der Waals surface area contributed by atoms with E-state index in [1.807, 2.05) is 0 Å². The maximum atomic E-state index is 11.9. The van der Waals surface area contributed by atoms with Gasteiger partial charge in [0, 0.05) is 12.1 Å². The Morgan fingerprint density at radius 1 is 1.33 bits per heavy atom. The summed E-state index contributed by atoms with van der Waals surface area (Å²) < 4.78 is 4.97. The van der Waals surface area contributed by atoms with Crippen molar-refractivity contribution in [3.8, 4) is 0 Å². The summed E-state index contributed by atoms with van der Waals surface area (Å²) in [6.45, 7) is 0.969. The second-order valence-corrected chi connectivity index (χ2v) is 6.19. The number of esters is 1. The van der Waals surface area contributed by atoms with Gasteiger partial charge in [0.25, 0.3) is 0 Å². The van der Waals surface area contributed by atoms with Gasteiger partial charge in [0.15, 0.2) is 0 Å². The third-order valence-corrected chi connectivity index (χ3v) is 4.76. The van der Waals surface area contributed by atoms with E-state index in [0.29, 0.717) is 5.92 Å². The van der Waals surface area contributed by atoms with Gasteiger partial charge >= 0.3 is 5.97 Å². The lowest BCUT2D eigenvalue weighted by molar-refractivity contribution is -0.148. The van der Waals surface area contributed by atoms with Crippen molar-refractivity contribution in [1.82, 2.24) is 9.80 Å². The van der Waals surface area contributed by atoms with Crippen LogP contribution in [-0.2, 0) is 9.53 Å². The molecule has 4 nitrogen and oxygen atoms in total. The Kier molecular flexibility index (Phi) is 3.97. The smallest absolute Gasteiger partial charge is 0.323 e. The number of hydrogen-bond acceptors (Lipinski definition) is 4. The third-order valence-electron chi connectivity index (χ3n) is 4.76. The SMILES string of the molecule is COC(=O)C(C1CC1)N(C)CC1(N(C)C)CCC1. The summed E-state index contributed by atoms with van der Waals surface area (Å²) >= 11 is 0. The summed E-state index contributed by atoms with van der Waals surface area (Å²) in [6.07, 6.45) is 6.11. The second-order valence-electron chi connectivity index (χ2n) is 6.19. The van der Waals surface area contributed by atoms with Gasteiger partial charge in [0.1, 0.15) is 6.04 Å². The van der Waals surface area contributed by atoms with E-state index < -0.39 is 0 Å². The van der Waals surface area contributed by atoms with Crippen LogP contribution in [0.2, 0.25) is 0 Å². The van der Waals surface area contributed by atoms with Crippen molar-refractivity contribution in [3.63, 3.8) is 0 Å². The third kappa shape index (κ3) is 2.54. The molecule has 0 amide bonds. The number of rotatable bonds is 6. The van der Waals surface area contributed by atoms with Crippen LogP contribution >= 0.6 is 0 Å². The van der Waals surface area contributed by atoms with Crippen LogP contribution in [0, 0.1) is 5.92 Å². The Morgan fingerprint density at radius 2 is 1.94 bits per heavy atom. The highest BCUT2D eigenvalue weighted by atomic mass is 16.5. The zero-order chi connectivity index (χ0) is 13.3. The molecule has 0 aromatic carbocycles. The number of carbonyl (C=O) groups excluding carboxylic acids is 1. The van der Waals surface area contributed by atoms with Crippen LogP contribution in [0.1, 0.15) is 32.1 Å². The Balaban J connectivity index is 2.00. The molecule has 2 rings (SSSR count). The lowest BCUT2D eigenvalue weighted by Gasteiger charge is -2.50. The molecule has 0 bridgehead atoms. The van der Waals surface area contributed by atoms with Crippen molar-refractivity contribution in [2.24, 2.45) is 5.92 Å². The normalized spacial score (nSPS) is 23.9. The highest BCUT2D eigenvalue weighted by Gasteiger charge is 2.45. The fourth-order valence-electron chi connectivity index (χ4n) is 3.16. The standard InChI is InChI=1S/C14H26N2O2/c1-15(2)14(8-5-9-14)10-16(3)12(11-6-7-11)13(17)18-4/h11-12H,5-10H2,1-4H3. The molecule has 2 aliphatic carbocycles. The van der Waals surface area contributed by atoms with E-state index in [1.165, 1.54) is 39.2 Å². The minimum atomic E-state index is -0.0618. The lowest BCUT2D eigenvalue weighted by atomic mass is 9.75. The van der Waals surface area contributed by atoms with Crippen LogP contribution in [0.3, 0.4) is 0 Å². The van der Waals surface area contributed by atoms with E-state index in [9.17, 15) is 4.79 Å². The molecule has 2 fully saturated rings. The van der Waals surface area contributed by atoms with Gasteiger partial charge in [-0.1, -0.05) is 0 Å². The Morgan fingerprint density at radius 3 is 2.28 bits per heavy atom. The minimum absolute atomic E-state index is 0.0348. The number of nitrogens with zero attached hydrogens (tertiary/aromatic N) is 2. The van der Waals surface area contributed by atoms with Crippen LogP contribution < -0.4 is 0 Å². The predicted molar refractivity (Wildman–Crippen MR) is 71.4 cm³/mol. The number of ether oxygens (including phenoxy) is 1. The first kappa shape index (κ1) is 13.8. The first-order chi connectivity index (χ1) is 8.50. The molecule has 0 aromatic heterocycles. The van der Waals surface area contributed by atoms with E-state index in [4.69, 9.17) is 4.74 Å². The largest absolute Gasteiger partial charge is 0.468 e. The van der Waals surface area contributed by atoms with Gasteiger partial charge in [-0.3, -0.25) is 9.69 Å². The van der Waals surface area contributed by atoms with Gasteiger partial charge in [-0.05, 0) is 59.2 Å². The van der Waals surface area contributed by atoms with Crippen molar-refractivity contribution in [2.45, 2.75) is 43.7 Å². The molecule has 18 heavy (non-hydrogen) atoms. The Labute approximate surface area is 110 Å². The molecule has 0 radical (unpaired) electrons. The van der Waals surface area contributed by atoms with Gasteiger partial charge in [0.2, 0.25) is 0 Å². The number of hydrogen-bond donors (Lipinski definition) is 0. The summed E-state index contributed by atoms with van der Waals surface area (Å²) in [5, 5.41) is 0. The highest BCUT2D eigenvalue weighted by molar-refractivity contribution is 5.76. The summed E-state index contributed by atoms with van der Waals surface area (Å²) in [7, 11) is 7.87. The molecule has 0 saturated heterocycles. The predicted octanol–water partition coefficient (Wildman–Crippen LogP) is 1.35. The van der Waals surface area contributed by atoms with Crippen molar-refractivity contribution in [3.05, 3.63) is 0 Å². The minimum Gasteiger partial charge on any atom is -0.468 e. The average Bonchev–Trinajstić information content (AvgIpc) is 3.07. The molecule has 4 heteroatoms. The average molecular weight is 254 g/mol. The van der Waals surface area contributed by atoms with Gasteiger partial charge < -0.3 is 9.64 Å². The zero-order valence-electron chi connectivity index (χ0n) is 12.1. The summed E-state index contributed by atoms with van der Waals surface area (Å²) in [5.74, 6) is 0.454.